The quantitative estimate of drug-likeness (QED) is 0.374. The zero-order chi connectivity index (χ0) is 21.8. The van der Waals surface area contributed by atoms with Gasteiger partial charge in [0, 0.05) is 24.4 Å². The smallest absolute Gasteiger partial charge is 0.273 e. The first kappa shape index (κ1) is 23.5. The maximum Gasteiger partial charge on any atom is 0.273 e. The SMILES string of the molecule is C=CCCCOc1cc(C(=O)NCC)ccc1-n1cc(C(=O)NCCSCC)nn1. The van der Waals surface area contributed by atoms with Crippen molar-refractivity contribution >= 4 is 23.6 Å². The molecule has 2 amide bonds. The Morgan fingerprint density at radius 2 is 2.10 bits per heavy atom. The number of amides is 2. The van der Waals surface area contributed by atoms with Gasteiger partial charge in [-0.1, -0.05) is 18.2 Å². The average molecular weight is 432 g/mol. The molecule has 0 bridgehead atoms. The molecule has 0 radical (unpaired) electrons. The number of thioether (sulfide) groups is 1. The third-order valence-electron chi connectivity index (χ3n) is 4.08. The van der Waals surface area contributed by atoms with Crippen LogP contribution in [0.3, 0.4) is 0 Å². The van der Waals surface area contributed by atoms with Crippen LogP contribution in [0.4, 0.5) is 0 Å². The van der Waals surface area contributed by atoms with E-state index in [-0.39, 0.29) is 17.5 Å². The van der Waals surface area contributed by atoms with E-state index in [4.69, 9.17) is 4.74 Å². The Morgan fingerprint density at radius 1 is 1.27 bits per heavy atom. The van der Waals surface area contributed by atoms with Crippen LogP contribution < -0.4 is 15.4 Å². The summed E-state index contributed by atoms with van der Waals surface area (Å²) in [5.41, 5.74) is 1.32. The second-order valence-electron chi connectivity index (χ2n) is 6.32. The highest BCUT2D eigenvalue weighted by Crippen LogP contribution is 2.25. The van der Waals surface area contributed by atoms with Crippen molar-refractivity contribution in [2.75, 3.05) is 31.2 Å². The third kappa shape index (κ3) is 6.91. The van der Waals surface area contributed by atoms with Crippen LogP contribution in [0.2, 0.25) is 0 Å². The highest BCUT2D eigenvalue weighted by molar-refractivity contribution is 7.99. The summed E-state index contributed by atoms with van der Waals surface area (Å²) in [4.78, 5) is 24.5. The van der Waals surface area contributed by atoms with Crippen molar-refractivity contribution in [2.45, 2.75) is 26.7 Å². The number of carbonyl (C=O) groups is 2. The van der Waals surface area contributed by atoms with Gasteiger partial charge in [-0.2, -0.15) is 11.8 Å². The van der Waals surface area contributed by atoms with Gasteiger partial charge in [0.1, 0.15) is 11.4 Å². The zero-order valence-electron chi connectivity index (χ0n) is 17.5. The molecule has 0 aliphatic heterocycles. The minimum Gasteiger partial charge on any atom is -0.491 e. The Bertz CT molecular complexity index is 853. The molecule has 0 aliphatic carbocycles. The lowest BCUT2D eigenvalue weighted by Gasteiger charge is -2.12. The number of nitrogens with zero attached hydrogens (tertiary/aromatic N) is 3. The van der Waals surface area contributed by atoms with Crippen LogP contribution >= 0.6 is 11.8 Å². The molecule has 0 aliphatic rings. The molecule has 1 aromatic heterocycles. The van der Waals surface area contributed by atoms with Crippen LogP contribution in [0.25, 0.3) is 5.69 Å². The summed E-state index contributed by atoms with van der Waals surface area (Å²) >= 11 is 1.76. The number of ether oxygens (including phenoxy) is 1. The molecule has 8 nitrogen and oxygen atoms in total. The van der Waals surface area contributed by atoms with E-state index in [1.807, 2.05) is 13.0 Å². The molecule has 0 saturated carbocycles. The summed E-state index contributed by atoms with van der Waals surface area (Å²) in [6.45, 7) is 9.22. The van der Waals surface area contributed by atoms with E-state index in [1.54, 1.807) is 36.2 Å². The molecule has 0 saturated heterocycles. The molecule has 2 N–H and O–H groups in total. The largest absolute Gasteiger partial charge is 0.491 e. The molecule has 162 valence electrons. The highest BCUT2D eigenvalue weighted by Gasteiger charge is 2.16. The maximum absolute atomic E-state index is 12.3. The number of hydrogen-bond acceptors (Lipinski definition) is 6. The van der Waals surface area contributed by atoms with Crippen LogP contribution in [0.15, 0.2) is 37.1 Å². The van der Waals surface area contributed by atoms with E-state index in [0.29, 0.717) is 36.7 Å². The first-order chi connectivity index (χ1) is 14.6. The fourth-order valence-electron chi connectivity index (χ4n) is 2.59. The van der Waals surface area contributed by atoms with Gasteiger partial charge in [0.2, 0.25) is 0 Å². The van der Waals surface area contributed by atoms with Crippen molar-refractivity contribution in [2.24, 2.45) is 0 Å². The number of benzene rings is 1. The standard InChI is InChI=1S/C21H29N5O3S/c1-4-7-8-12-29-19-14-16(20(27)22-5-2)9-10-18(19)26-15-17(24-25-26)21(28)23-11-13-30-6-3/h4,9-10,14-15H,1,5-8,11-13H2,2-3H3,(H,22,27)(H,23,28). The van der Waals surface area contributed by atoms with Crippen molar-refractivity contribution in [3.63, 3.8) is 0 Å². The molecule has 2 aromatic rings. The minimum absolute atomic E-state index is 0.177. The molecule has 0 spiro atoms. The number of hydrogen-bond donors (Lipinski definition) is 2. The lowest BCUT2D eigenvalue weighted by atomic mass is 10.1. The Morgan fingerprint density at radius 3 is 2.83 bits per heavy atom. The van der Waals surface area contributed by atoms with Crippen LogP contribution in [0.1, 0.15) is 47.5 Å². The van der Waals surface area contributed by atoms with Crippen molar-refractivity contribution in [3.8, 4) is 11.4 Å². The van der Waals surface area contributed by atoms with Gasteiger partial charge >= 0.3 is 0 Å². The van der Waals surface area contributed by atoms with Crippen LogP contribution in [-0.2, 0) is 0 Å². The van der Waals surface area contributed by atoms with Crippen molar-refractivity contribution < 1.29 is 14.3 Å². The van der Waals surface area contributed by atoms with E-state index in [9.17, 15) is 9.59 Å². The van der Waals surface area contributed by atoms with Gasteiger partial charge in [0.05, 0.1) is 12.8 Å². The molecule has 0 atom stereocenters. The minimum atomic E-state index is -0.273. The molecular formula is C21H29N5O3S. The van der Waals surface area contributed by atoms with Gasteiger partial charge in [0.25, 0.3) is 11.8 Å². The topological polar surface area (TPSA) is 98.1 Å². The molecule has 2 rings (SSSR count). The third-order valence-corrected chi connectivity index (χ3v) is 4.98. The normalized spacial score (nSPS) is 10.5. The number of allylic oxidation sites excluding steroid dienone is 1. The summed E-state index contributed by atoms with van der Waals surface area (Å²) in [5.74, 6) is 1.90. The first-order valence-electron chi connectivity index (χ1n) is 10.0. The van der Waals surface area contributed by atoms with Gasteiger partial charge in [0.15, 0.2) is 5.69 Å². The Balaban J connectivity index is 2.19. The molecular weight excluding hydrogens is 402 g/mol. The predicted octanol–water partition coefficient (Wildman–Crippen LogP) is 2.84. The fourth-order valence-corrected chi connectivity index (χ4v) is 3.12. The summed E-state index contributed by atoms with van der Waals surface area (Å²) < 4.78 is 7.39. The summed E-state index contributed by atoms with van der Waals surface area (Å²) in [5, 5.41) is 13.7. The Hall–Kier alpha value is -2.81. The van der Waals surface area contributed by atoms with Gasteiger partial charge < -0.3 is 15.4 Å². The number of rotatable bonds is 13. The molecule has 0 fully saturated rings. The molecule has 30 heavy (non-hydrogen) atoms. The summed E-state index contributed by atoms with van der Waals surface area (Å²) in [7, 11) is 0. The van der Waals surface area contributed by atoms with E-state index in [0.717, 1.165) is 24.3 Å². The van der Waals surface area contributed by atoms with Crippen molar-refractivity contribution in [1.29, 1.82) is 0 Å². The second kappa shape index (κ2) is 12.7. The monoisotopic (exact) mass is 431 g/mol. The number of nitrogens with one attached hydrogen (secondary N) is 2. The summed E-state index contributed by atoms with van der Waals surface area (Å²) in [6.07, 6.45) is 5.02. The molecule has 0 unspecified atom stereocenters. The van der Waals surface area contributed by atoms with E-state index in [1.165, 1.54) is 4.68 Å². The van der Waals surface area contributed by atoms with Crippen LogP contribution in [0.5, 0.6) is 5.75 Å². The van der Waals surface area contributed by atoms with Gasteiger partial charge in [-0.15, -0.1) is 11.7 Å². The van der Waals surface area contributed by atoms with Gasteiger partial charge in [-0.05, 0) is 43.7 Å². The molecule has 1 heterocycles. The predicted molar refractivity (Wildman–Crippen MR) is 120 cm³/mol. The fraction of sp³-hybridized carbons (Fsp3) is 0.429. The van der Waals surface area contributed by atoms with Gasteiger partial charge in [-0.3, -0.25) is 9.59 Å². The number of carbonyl (C=O) groups excluding carboxylic acids is 2. The number of unbranched alkanes of at least 4 members (excludes halogenated alkanes) is 1. The van der Waals surface area contributed by atoms with E-state index < -0.39 is 0 Å². The van der Waals surface area contributed by atoms with Crippen LogP contribution in [-0.4, -0.2) is 58.0 Å². The Labute approximate surface area is 181 Å². The first-order valence-corrected chi connectivity index (χ1v) is 11.2. The van der Waals surface area contributed by atoms with Crippen molar-refractivity contribution in [1.82, 2.24) is 25.6 Å². The zero-order valence-corrected chi connectivity index (χ0v) is 18.3. The lowest BCUT2D eigenvalue weighted by Crippen LogP contribution is -2.26. The number of aromatic nitrogens is 3. The van der Waals surface area contributed by atoms with Crippen LogP contribution in [0, 0.1) is 0 Å². The lowest BCUT2D eigenvalue weighted by molar-refractivity contribution is 0.0945. The van der Waals surface area contributed by atoms with E-state index >= 15 is 0 Å². The molecule has 9 heteroatoms. The van der Waals surface area contributed by atoms with Crippen molar-refractivity contribution in [3.05, 3.63) is 48.3 Å². The van der Waals surface area contributed by atoms with E-state index in [2.05, 4.69) is 34.4 Å². The Kier molecular flexibility index (Phi) is 9.93. The van der Waals surface area contributed by atoms with Gasteiger partial charge in [-0.25, -0.2) is 4.68 Å². The average Bonchev–Trinajstić information content (AvgIpc) is 3.24. The second-order valence-corrected chi connectivity index (χ2v) is 7.72. The maximum atomic E-state index is 12.3. The summed E-state index contributed by atoms with van der Waals surface area (Å²) in [6, 6.07) is 5.11. The molecule has 1 aromatic carbocycles. The highest BCUT2D eigenvalue weighted by atomic mass is 32.2.